The molecule has 14 heavy (non-hydrogen) atoms. The van der Waals surface area contributed by atoms with Crippen LogP contribution in [0.15, 0.2) is 6.33 Å². The van der Waals surface area contributed by atoms with E-state index in [1.54, 1.807) is 0 Å². The van der Waals surface area contributed by atoms with Crippen LogP contribution in [0.5, 0.6) is 0 Å². The van der Waals surface area contributed by atoms with Crippen LogP contribution < -0.4 is 0 Å². The first-order valence-corrected chi connectivity index (χ1v) is 4.00. The van der Waals surface area contributed by atoms with E-state index >= 15 is 0 Å². The van der Waals surface area contributed by atoms with E-state index in [4.69, 9.17) is 4.74 Å². The normalized spacial score (nSPS) is 26.6. The number of aliphatic hydroxyl groups is 1. The van der Waals surface area contributed by atoms with E-state index in [2.05, 4.69) is 10.1 Å². The molecule has 0 radical (unpaired) electrons. The molecule has 2 heterocycles. The second-order valence-corrected chi connectivity index (χ2v) is 2.95. The first-order valence-electron chi connectivity index (χ1n) is 4.00. The van der Waals surface area contributed by atoms with Crippen molar-refractivity contribution in [1.82, 2.24) is 14.8 Å². The van der Waals surface area contributed by atoms with Crippen molar-refractivity contribution in [3.63, 3.8) is 0 Å². The van der Waals surface area contributed by atoms with Crippen molar-refractivity contribution in [2.45, 2.75) is 12.1 Å². The molecule has 1 aromatic rings. The van der Waals surface area contributed by atoms with Crippen LogP contribution in [0, 0.1) is 10.1 Å². The van der Waals surface area contributed by atoms with Gasteiger partial charge < -0.3 is 20.0 Å². The molecule has 0 aromatic carbocycles. The third kappa shape index (κ3) is 1.44. The molecule has 0 bridgehead atoms. The SMILES string of the molecule is O=[N+]([O-])c1ncn(C2COCC2O)n1. The average molecular weight is 200 g/mol. The summed E-state index contributed by atoms with van der Waals surface area (Å²) in [6.45, 7) is 0.514. The molecule has 0 aliphatic carbocycles. The largest absolute Gasteiger partial charge is 0.490 e. The molecule has 8 nitrogen and oxygen atoms in total. The Bertz CT molecular complexity index is 351. The van der Waals surface area contributed by atoms with Crippen LogP contribution in [0.2, 0.25) is 0 Å². The maximum absolute atomic E-state index is 10.3. The third-order valence-electron chi connectivity index (χ3n) is 2.02. The molecule has 1 N–H and O–H groups in total. The van der Waals surface area contributed by atoms with Gasteiger partial charge in [-0.2, -0.15) is 4.68 Å². The van der Waals surface area contributed by atoms with Crippen LogP contribution in [-0.4, -0.2) is 44.1 Å². The van der Waals surface area contributed by atoms with E-state index in [-0.39, 0.29) is 12.6 Å². The van der Waals surface area contributed by atoms with Crippen molar-refractivity contribution in [3.8, 4) is 0 Å². The van der Waals surface area contributed by atoms with Gasteiger partial charge in [0.25, 0.3) is 0 Å². The molecule has 2 rings (SSSR count). The maximum Gasteiger partial charge on any atom is 0.490 e. The summed E-state index contributed by atoms with van der Waals surface area (Å²) in [5, 5.41) is 23.3. The molecule has 2 atom stereocenters. The lowest BCUT2D eigenvalue weighted by molar-refractivity contribution is -0.394. The van der Waals surface area contributed by atoms with Crippen LogP contribution in [0.3, 0.4) is 0 Å². The smallest absolute Gasteiger partial charge is 0.390 e. The zero-order chi connectivity index (χ0) is 10.1. The van der Waals surface area contributed by atoms with E-state index in [1.165, 1.54) is 11.0 Å². The fraction of sp³-hybridized carbons (Fsp3) is 0.667. The Hall–Kier alpha value is -1.54. The number of ether oxygens (including phenoxy) is 1. The van der Waals surface area contributed by atoms with Gasteiger partial charge in [0.1, 0.15) is 12.1 Å². The summed E-state index contributed by atoms with van der Waals surface area (Å²) in [4.78, 5) is 13.1. The maximum atomic E-state index is 10.3. The van der Waals surface area contributed by atoms with Gasteiger partial charge in [0.15, 0.2) is 0 Å². The van der Waals surface area contributed by atoms with Crippen molar-refractivity contribution < 1.29 is 14.8 Å². The second kappa shape index (κ2) is 3.31. The molecule has 0 amide bonds. The van der Waals surface area contributed by atoms with Crippen molar-refractivity contribution in [3.05, 3.63) is 16.4 Å². The molecule has 1 fully saturated rings. The Kier molecular flexibility index (Phi) is 2.14. The number of rotatable bonds is 2. The van der Waals surface area contributed by atoms with E-state index in [1.807, 2.05) is 0 Å². The highest BCUT2D eigenvalue weighted by molar-refractivity contribution is 4.98. The Morgan fingerprint density at radius 3 is 3.00 bits per heavy atom. The predicted molar refractivity (Wildman–Crippen MR) is 42.5 cm³/mol. The van der Waals surface area contributed by atoms with Gasteiger partial charge in [-0.25, -0.2) is 0 Å². The van der Waals surface area contributed by atoms with Crippen LogP contribution in [0.4, 0.5) is 5.95 Å². The first kappa shape index (κ1) is 9.03. The lowest BCUT2D eigenvalue weighted by Gasteiger charge is -2.07. The molecule has 0 spiro atoms. The standard InChI is InChI=1S/C6H8N4O4/c11-5-2-14-1-4(5)9-3-7-6(8-9)10(12)13/h3-5,11H,1-2H2. The van der Waals surface area contributed by atoms with Crippen LogP contribution in [0.1, 0.15) is 6.04 Å². The van der Waals surface area contributed by atoms with Gasteiger partial charge >= 0.3 is 5.95 Å². The van der Waals surface area contributed by atoms with Gasteiger partial charge in [-0.15, -0.1) is 0 Å². The van der Waals surface area contributed by atoms with Gasteiger partial charge in [0.2, 0.25) is 6.33 Å². The van der Waals surface area contributed by atoms with Crippen LogP contribution >= 0.6 is 0 Å². The predicted octanol–water partition coefficient (Wildman–Crippen LogP) is -0.882. The van der Waals surface area contributed by atoms with E-state index in [0.29, 0.717) is 6.61 Å². The van der Waals surface area contributed by atoms with Crippen LogP contribution in [0.25, 0.3) is 0 Å². The van der Waals surface area contributed by atoms with E-state index in [0.717, 1.165) is 0 Å². The summed E-state index contributed by atoms with van der Waals surface area (Å²) < 4.78 is 6.24. The summed E-state index contributed by atoms with van der Waals surface area (Å²) in [7, 11) is 0. The molecule has 1 aliphatic heterocycles. The zero-order valence-electron chi connectivity index (χ0n) is 7.11. The van der Waals surface area contributed by atoms with Crippen molar-refractivity contribution in [2.24, 2.45) is 0 Å². The van der Waals surface area contributed by atoms with Gasteiger partial charge in [0.05, 0.1) is 13.2 Å². The Morgan fingerprint density at radius 2 is 2.50 bits per heavy atom. The summed E-state index contributed by atoms with van der Waals surface area (Å²) >= 11 is 0. The number of nitrogens with zero attached hydrogens (tertiary/aromatic N) is 4. The highest BCUT2D eigenvalue weighted by Crippen LogP contribution is 2.18. The molecule has 1 aromatic heterocycles. The second-order valence-electron chi connectivity index (χ2n) is 2.95. The number of aromatic nitrogens is 3. The Balaban J connectivity index is 2.20. The zero-order valence-corrected chi connectivity index (χ0v) is 7.11. The number of hydrogen-bond donors (Lipinski definition) is 1. The quantitative estimate of drug-likeness (QED) is 0.491. The average Bonchev–Trinajstić information content (AvgIpc) is 2.71. The van der Waals surface area contributed by atoms with E-state index in [9.17, 15) is 15.2 Å². The molecule has 1 aliphatic rings. The highest BCUT2D eigenvalue weighted by atomic mass is 16.6. The number of nitro groups is 1. The molecule has 76 valence electrons. The van der Waals surface area contributed by atoms with Crippen LogP contribution in [-0.2, 0) is 4.74 Å². The monoisotopic (exact) mass is 200 g/mol. The molecule has 8 heteroatoms. The first-order chi connectivity index (χ1) is 6.68. The third-order valence-corrected chi connectivity index (χ3v) is 2.02. The summed E-state index contributed by atoms with van der Waals surface area (Å²) in [6.07, 6.45) is 0.539. The van der Waals surface area contributed by atoms with Gasteiger partial charge in [0, 0.05) is 5.10 Å². The van der Waals surface area contributed by atoms with Crippen molar-refractivity contribution in [2.75, 3.05) is 13.2 Å². The van der Waals surface area contributed by atoms with Crippen molar-refractivity contribution in [1.29, 1.82) is 0 Å². The highest BCUT2D eigenvalue weighted by Gasteiger charge is 2.31. The Labute approximate surface area is 78.3 Å². The topological polar surface area (TPSA) is 103 Å². The molecular formula is C6H8N4O4. The van der Waals surface area contributed by atoms with Gasteiger partial charge in [-0.1, -0.05) is 4.98 Å². The van der Waals surface area contributed by atoms with Gasteiger partial charge in [-0.3, -0.25) is 0 Å². The lowest BCUT2D eigenvalue weighted by Crippen LogP contribution is -2.22. The van der Waals surface area contributed by atoms with Gasteiger partial charge in [-0.05, 0) is 4.92 Å². The summed E-state index contributed by atoms with van der Waals surface area (Å²) in [6, 6.07) is -0.379. The molecular weight excluding hydrogens is 192 g/mol. The molecule has 0 saturated carbocycles. The summed E-state index contributed by atoms with van der Waals surface area (Å²) in [5.74, 6) is -0.468. The summed E-state index contributed by atoms with van der Waals surface area (Å²) in [5.41, 5.74) is 0. The van der Waals surface area contributed by atoms with Crippen molar-refractivity contribution >= 4 is 5.95 Å². The minimum absolute atomic E-state index is 0.221. The molecule has 2 unspecified atom stereocenters. The number of aliphatic hydroxyl groups excluding tert-OH is 1. The minimum atomic E-state index is -0.684. The lowest BCUT2D eigenvalue weighted by atomic mass is 10.2. The number of hydrogen-bond acceptors (Lipinski definition) is 6. The van der Waals surface area contributed by atoms with E-state index < -0.39 is 17.0 Å². The Morgan fingerprint density at radius 1 is 1.71 bits per heavy atom. The minimum Gasteiger partial charge on any atom is -0.390 e. The fourth-order valence-electron chi connectivity index (χ4n) is 1.29. The molecule has 1 saturated heterocycles. The fourth-order valence-corrected chi connectivity index (χ4v) is 1.29.